The average Bonchev–Trinajstić information content (AvgIpc) is 3.09. The van der Waals surface area contributed by atoms with Crippen LogP contribution in [0.5, 0.6) is 0 Å². The molecule has 0 aliphatic heterocycles. The van der Waals surface area contributed by atoms with E-state index in [1.54, 1.807) is 48.5 Å². The number of hydrogen-bond donors (Lipinski definition) is 2. The van der Waals surface area contributed by atoms with Crippen molar-refractivity contribution in [3.05, 3.63) is 59.9 Å². The molecule has 0 spiro atoms. The highest BCUT2D eigenvalue weighted by molar-refractivity contribution is 6.05. The van der Waals surface area contributed by atoms with E-state index in [2.05, 4.69) is 5.32 Å². The Kier molecular flexibility index (Phi) is 8.09. The molecule has 5 heteroatoms. The van der Waals surface area contributed by atoms with Crippen LogP contribution in [0.15, 0.2) is 52.9 Å². The van der Waals surface area contributed by atoms with Crippen molar-refractivity contribution in [3.63, 3.8) is 0 Å². The summed E-state index contributed by atoms with van der Waals surface area (Å²) in [5.74, 6) is -0.0599. The van der Waals surface area contributed by atoms with Gasteiger partial charge in [-0.2, -0.15) is 0 Å². The minimum Gasteiger partial charge on any atom is -0.453 e. The molecule has 1 heterocycles. The molecule has 0 bridgehead atoms. The quantitative estimate of drug-likeness (QED) is 0.479. The zero-order valence-electron chi connectivity index (χ0n) is 15.9. The first-order valence-electron chi connectivity index (χ1n) is 8.74. The minimum atomic E-state index is -0.227. The average molecular weight is 354 g/mol. The van der Waals surface area contributed by atoms with Crippen molar-refractivity contribution < 1.29 is 14.0 Å². The summed E-state index contributed by atoms with van der Waals surface area (Å²) in [4.78, 5) is 23.5. The predicted molar refractivity (Wildman–Crippen MR) is 108 cm³/mol. The zero-order chi connectivity index (χ0) is 19.7. The second-order valence-corrected chi connectivity index (χ2v) is 5.00. The van der Waals surface area contributed by atoms with Gasteiger partial charge in [0.05, 0.1) is 0 Å². The van der Waals surface area contributed by atoms with Crippen LogP contribution >= 0.6 is 0 Å². The first-order chi connectivity index (χ1) is 12.5. The normalized spacial score (nSPS) is 9.42. The van der Waals surface area contributed by atoms with Crippen LogP contribution in [0.2, 0.25) is 0 Å². The Hall–Kier alpha value is -3.08. The van der Waals surface area contributed by atoms with Gasteiger partial charge in [-0.05, 0) is 48.5 Å². The number of fused-ring (bicyclic) bond motifs is 1. The summed E-state index contributed by atoms with van der Waals surface area (Å²) in [6.07, 6.45) is 0. The van der Waals surface area contributed by atoms with Gasteiger partial charge >= 0.3 is 0 Å². The number of carbonyl (C=O) groups excluding carboxylic acids is 2. The molecule has 0 aliphatic carbocycles. The molecule has 0 aliphatic rings. The Morgan fingerprint density at radius 2 is 1.54 bits per heavy atom. The van der Waals surface area contributed by atoms with Crippen molar-refractivity contribution in [3.8, 4) is 0 Å². The van der Waals surface area contributed by atoms with E-state index in [4.69, 9.17) is 10.2 Å². The maximum Gasteiger partial charge on any atom is 0.255 e. The van der Waals surface area contributed by atoms with E-state index in [9.17, 15) is 9.59 Å². The lowest BCUT2D eigenvalue weighted by Crippen LogP contribution is -2.11. The molecule has 0 radical (unpaired) electrons. The topological polar surface area (TPSA) is 85.3 Å². The van der Waals surface area contributed by atoms with Crippen LogP contribution in [-0.4, -0.2) is 11.7 Å². The first-order valence-corrected chi connectivity index (χ1v) is 8.74. The molecule has 0 atom stereocenters. The molecule has 1 aromatic heterocycles. The van der Waals surface area contributed by atoms with E-state index in [0.717, 1.165) is 5.39 Å². The molecule has 2 aromatic carbocycles. The molecule has 5 nitrogen and oxygen atoms in total. The van der Waals surface area contributed by atoms with Gasteiger partial charge < -0.3 is 15.5 Å². The van der Waals surface area contributed by atoms with Gasteiger partial charge in [0.15, 0.2) is 11.5 Å². The lowest BCUT2D eigenvalue weighted by molar-refractivity contribution is 0.0987. The van der Waals surface area contributed by atoms with Crippen LogP contribution in [0.3, 0.4) is 0 Å². The predicted octanol–water partition coefficient (Wildman–Crippen LogP) is 5.52. The number of anilines is 2. The summed E-state index contributed by atoms with van der Waals surface area (Å²) in [5.41, 5.74) is 7.96. The Labute approximate surface area is 154 Å². The number of hydrogen-bond acceptors (Lipinski definition) is 4. The van der Waals surface area contributed by atoms with Gasteiger partial charge in [-0.25, -0.2) is 0 Å². The standard InChI is InChI=1S/C17H14N2O3.2C2H6/c1-10(20)16-9-12-8-14(6-7-15(12)22-16)19-17(21)11-2-4-13(18)5-3-11;2*1-2/h2-9H,18H2,1H3,(H,19,21);2*1-2H3. The first kappa shape index (κ1) is 21.0. The third-order valence-electron chi connectivity index (χ3n) is 3.29. The SMILES string of the molecule is CC.CC.CC(=O)c1cc2cc(NC(=O)c3ccc(N)cc3)ccc2o1. The maximum atomic E-state index is 12.1. The van der Waals surface area contributed by atoms with Gasteiger partial charge in [-0.1, -0.05) is 27.7 Å². The fourth-order valence-corrected chi connectivity index (χ4v) is 2.13. The summed E-state index contributed by atoms with van der Waals surface area (Å²) in [7, 11) is 0. The molecule has 0 unspecified atom stereocenters. The van der Waals surface area contributed by atoms with Gasteiger partial charge in [0.2, 0.25) is 0 Å². The number of nitrogens with one attached hydrogen (secondary N) is 1. The van der Waals surface area contributed by atoms with Gasteiger partial charge in [0.25, 0.3) is 5.91 Å². The second-order valence-electron chi connectivity index (χ2n) is 5.00. The molecule has 0 fully saturated rings. The number of furan rings is 1. The summed E-state index contributed by atoms with van der Waals surface area (Å²) in [6, 6.07) is 13.5. The number of carbonyl (C=O) groups is 2. The molecule has 138 valence electrons. The van der Waals surface area contributed by atoms with Crippen LogP contribution in [0.25, 0.3) is 11.0 Å². The molecule has 3 rings (SSSR count). The van der Waals surface area contributed by atoms with Crippen molar-refractivity contribution in [1.29, 1.82) is 0 Å². The second kappa shape index (κ2) is 10.0. The molecule has 0 saturated carbocycles. The summed E-state index contributed by atoms with van der Waals surface area (Å²) in [6.45, 7) is 9.45. The molecule has 3 aromatic rings. The third kappa shape index (κ3) is 5.21. The lowest BCUT2D eigenvalue weighted by Gasteiger charge is -2.05. The molecule has 0 saturated heterocycles. The summed E-state index contributed by atoms with van der Waals surface area (Å²) < 4.78 is 5.41. The number of benzene rings is 2. The van der Waals surface area contributed by atoms with Crippen LogP contribution in [-0.2, 0) is 0 Å². The van der Waals surface area contributed by atoms with Crippen LogP contribution < -0.4 is 11.1 Å². The number of nitrogens with two attached hydrogens (primary N) is 1. The number of amides is 1. The molecule has 26 heavy (non-hydrogen) atoms. The number of rotatable bonds is 3. The highest BCUT2D eigenvalue weighted by Crippen LogP contribution is 2.23. The number of nitrogen functional groups attached to an aromatic ring is 1. The van der Waals surface area contributed by atoms with Gasteiger partial charge in [-0.3, -0.25) is 9.59 Å². The van der Waals surface area contributed by atoms with E-state index in [0.29, 0.717) is 28.3 Å². The van der Waals surface area contributed by atoms with E-state index >= 15 is 0 Å². The van der Waals surface area contributed by atoms with Gasteiger partial charge in [0, 0.05) is 29.2 Å². The maximum absolute atomic E-state index is 12.1. The fraction of sp³-hybridized carbons (Fsp3) is 0.238. The van der Waals surface area contributed by atoms with Crippen molar-refractivity contribution >= 4 is 34.0 Å². The third-order valence-corrected chi connectivity index (χ3v) is 3.29. The highest BCUT2D eigenvalue weighted by Gasteiger charge is 2.10. The molecule has 3 N–H and O–H groups in total. The van der Waals surface area contributed by atoms with Crippen LogP contribution in [0.4, 0.5) is 11.4 Å². The van der Waals surface area contributed by atoms with E-state index < -0.39 is 0 Å². The van der Waals surface area contributed by atoms with Gasteiger partial charge in [-0.15, -0.1) is 0 Å². The van der Waals surface area contributed by atoms with Crippen LogP contribution in [0, 0.1) is 0 Å². The van der Waals surface area contributed by atoms with E-state index in [1.165, 1.54) is 6.92 Å². The van der Waals surface area contributed by atoms with Crippen molar-refractivity contribution in [2.75, 3.05) is 11.1 Å². The number of ketones is 1. The minimum absolute atomic E-state index is 0.136. The van der Waals surface area contributed by atoms with Gasteiger partial charge in [0.1, 0.15) is 5.58 Å². The fourth-order valence-electron chi connectivity index (χ4n) is 2.13. The summed E-state index contributed by atoms with van der Waals surface area (Å²) >= 11 is 0. The highest BCUT2D eigenvalue weighted by atomic mass is 16.3. The molecular weight excluding hydrogens is 328 g/mol. The Morgan fingerprint density at radius 1 is 0.923 bits per heavy atom. The Balaban J connectivity index is 0.000000791. The van der Waals surface area contributed by atoms with E-state index in [1.807, 2.05) is 27.7 Å². The smallest absolute Gasteiger partial charge is 0.255 e. The Morgan fingerprint density at radius 3 is 2.12 bits per heavy atom. The molecule has 1 amide bonds. The van der Waals surface area contributed by atoms with Crippen LogP contribution in [0.1, 0.15) is 55.5 Å². The summed E-state index contributed by atoms with van der Waals surface area (Å²) in [5, 5.41) is 3.57. The molecular formula is C21H26N2O3. The number of Topliss-reactive ketones (excluding diaryl/α,β-unsaturated/α-hetero) is 1. The van der Waals surface area contributed by atoms with Crippen molar-refractivity contribution in [2.24, 2.45) is 0 Å². The van der Waals surface area contributed by atoms with Crippen molar-refractivity contribution in [1.82, 2.24) is 0 Å². The zero-order valence-corrected chi connectivity index (χ0v) is 15.9. The van der Waals surface area contributed by atoms with E-state index in [-0.39, 0.29) is 11.7 Å². The Bertz CT molecular complexity index is 865. The monoisotopic (exact) mass is 354 g/mol. The largest absolute Gasteiger partial charge is 0.453 e. The lowest BCUT2D eigenvalue weighted by atomic mass is 10.2. The van der Waals surface area contributed by atoms with Crippen molar-refractivity contribution in [2.45, 2.75) is 34.6 Å².